The van der Waals surface area contributed by atoms with Gasteiger partial charge in [-0.15, -0.1) is 11.8 Å². The molecule has 0 aliphatic carbocycles. The zero-order chi connectivity index (χ0) is 17.5. The average molecular weight is 358 g/mol. The lowest BCUT2D eigenvalue weighted by atomic mass is 10.1. The van der Waals surface area contributed by atoms with Gasteiger partial charge in [-0.05, 0) is 44.5 Å². The summed E-state index contributed by atoms with van der Waals surface area (Å²) in [6.45, 7) is 6.12. The van der Waals surface area contributed by atoms with E-state index in [0.717, 1.165) is 37.1 Å². The molecule has 25 heavy (non-hydrogen) atoms. The number of nitrogens with zero attached hydrogens (tertiary/aromatic N) is 3. The second-order valence-electron chi connectivity index (χ2n) is 6.61. The van der Waals surface area contributed by atoms with Gasteiger partial charge >= 0.3 is 0 Å². The van der Waals surface area contributed by atoms with E-state index in [0.29, 0.717) is 6.61 Å². The lowest BCUT2D eigenvalue weighted by Gasteiger charge is -2.31. The van der Waals surface area contributed by atoms with E-state index in [2.05, 4.69) is 46.1 Å². The quantitative estimate of drug-likeness (QED) is 0.755. The molecule has 0 saturated carbocycles. The Morgan fingerprint density at radius 1 is 1.16 bits per heavy atom. The number of likely N-dealkylation sites (tertiary alicyclic amines) is 1. The van der Waals surface area contributed by atoms with Crippen molar-refractivity contribution in [2.24, 2.45) is 0 Å². The number of aromatic nitrogens is 2. The molecule has 134 valence electrons. The SMILES string of the molecule is COCCc1ncc(CN2CCC(Sc3ccccc3C)CC2)cn1. The van der Waals surface area contributed by atoms with Crippen LogP contribution in [-0.2, 0) is 17.7 Å². The van der Waals surface area contributed by atoms with E-state index in [-0.39, 0.29) is 0 Å². The highest BCUT2D eigenvalue weighted by Crippen LogP contribution is 2.32. The average Bonchev–Trinajstić information content (AvgIpc) is 2.65. The number of piperidine rings is 1. The van der Waals surface area contributed by atoms with Crippen molar-refractivity contribution in [3.05, 3.63) is 53.6 Å². The Hall–Kier alpha value is -1.43. The van der Waals surface area contributed by atoms with Gasteiger partial charge in [-0.25, -0.2) is 9.97 Å². The van der Waals surface area contributed by atoms with Crippen molar-refractivity contribution < 1.29 is 4.74 Å². The van der Waals surface area contributed by atoms with Gasteiger partial charge in [0, 0.05) is 48.2 Å². The minimum absolute atomic E-state index is 0.672. The third kappa shape index (κ3) is 5.53. The van der Waals surface area contributed by atoms with Gasteiger partial charge in [-0.3, -0.25) is 4.90 Å². The molecule has 0 unspecified atom stereocenters. The molecule has 1 aromatic heterocycles. The van der Waals surface area contributed by atoms with Crippen LogP contribution in [0.15, 0.2) is 41.6 Å². The molecular weight excluding hydrogens is 330 g/mol. The number of benzene rings is 1. The van der Waals surface area contributed by atoms with Crippen LogP contribution in [0.5, 0.6) is 0 Å². The zero-order valence-corrected chi connectivity index (χ0v) is 16.0. The first-order valence-corrected chi connectivity index (χ1v) is 9.86. The summed E-state index contributed by atoms with van der Waals surface area (Å²) in [6.07, 6.45) is 7.19. The third-order valence-corrected chi connectivity index (χ3v) is 6.13. The fourth-order valence-corrected chi connectivity index (χ4v) is 4.31. The second kappa shape index (κ2) is 9.32. The standard InChI is InChI=1S/C20H27N3OS/c1-16-5-3-4-6-19(16)25-18-7-10-23(11-8-18)15-17-13-21-20(22-14-17)9-12-24-2/h3-6,13-14,18H,7-12,15H2,1-2H3. The van der Waals surface area contributed by atoms with Crippen molar-refractivity contribution in [1.29, 1.82) is 0 Å². The minimum atomic E-state index is 0.672. The van der Waals surface area contributed by atoms with Gasteiger partial charge in [0.2, 0.25) is 0 Å². The minimum Gasteiger partial charge on any atom is -0.384 e. The predicted octanol–water partition coefficient (Wildman–Crippen LogP) is 3.73. The van der Waals surface area contributed by atoms with E-state index in [4.69, 9.17) is 4.74 Å². The van der Waals surface area contributed by atoms with E-state index in [9.17, 15) is 0 Å². The Balaban J connectivity index is 1.45. The van der Waals surface area contributed by atoms with Crippen LogP contribution in [0, 0.1) is 6.92 Å². The molecule has 4 nitrogen and oxygen atoms in total. The van der Waals surface area contributed by atoms with E-state index in [1.807, 2.05) is 24.2 Å². The summed E-state index contributed by atoms with van der Waals surface area (Å²) in [7, 11) is 1.70. The summed E-state index contributed by atoms with van der Waals surface area (Å²) in [5.41, 5.74) is 2.59. The number of ether oxygens (including phenoxy) is 1. The molecular formula is C20H27N3OS. The second-order valence-corrected chi connectivity index (χ2v) is 7.95. The van der Waals surface area contributed by atoms with Gasteiger partial charge in [0.05, 0.1) is 6.61 Å². The topological polar surface area (TPSA) is 38.2 Å². The first-order chi connectivity index (χ1) is 12.2. The maximum atomic E-state index is 5.07. The van der Waals surface area contributed by atoms with E-state index < -0.39 is 0 Å². The molecule has 0 radical (unpaired) electrons. The van der Waals surface area contributed by atoms with Crippen molar-refractivity contribution in [2.45, 2.75) is 42.9 Å². The molecule has 2 aromatic rings. The summed E-state index contributed by atoms with van der Waals surface area (Å²) in [5, 5.41) is 0.727. The van der Waals surface area contributed by atoms with Gasteiger partial charge in [0.15, 0.2) is 0 Å². The number of hydrogen-bond acceptors (Lipinski definition) is 5. The third-order valence-electron chi connectivity index (χ3n) is 4.62. The lowest BCUT2D eigenvalue weighted by Crippen LogP contribution is -2.34. The van der Waals surface area contributed by atoms with E-state index >= 15 is 0 Å². The van der Waals surface area contributed by atoms with Crippen LogP contribution in [0.4, 0.5) is 0 Å². The highest BCUT2D eigenvalue weighted by molar-refractivity contribution is 8.00. The van der Waals surface area contributed by atoms with E-state index in [1.54, 1.807) is 7.11 Å². The highest BCUT2D eigenvalue weighted by atomic mass is 32.2. The number of rotatable bonds is 7. The molecule has 0 N–H and O–H groups in total. The van der Waals surface area contributed by atoms with Gasteiger partial charge < -0.3 is 4.74 Å². The van der Waals surface area contributed by atoms with Gasteiger partial charge in [-0.2, -0.15) is 0 Å². The molecule has 0 amide bonds. The van der Waals surface area contributed by atoms with Gasteiger partial charge in [-0.1, -0.05) is 18.2 Å². The Morgan fingerprint density at radius 3 is 2.56 bits per heavy atom. The molecule has 5 heteroatoms. The molecule has 1 fully saturated rings. The highest BCUT2D eigenvalue weighted by Gasteiger charge is 2.20. The number of thioether (sulfide) groups is 1. The maximum absolute atomic E-state index is 5.07. The zero-order valence-electron chi connectivity index (χ0n) is 15.1. The first-order valence-electron chi connectivity index (χ1n) is 8.98. The maximum Gasteiger partial charge on any atom is 0.130 e. The largest absolute Gasteiger partial charge is 0.384 e. The van der Waals surface area contributed by atoms with Gasteiger partial charge in [0.1, 0.15) is 5.82 Å². The van der Waals surface area contributed by atoms with Crippen LogP contribution in [0.25, 0.3) is 0 Å². The van der Waals surface area contributed by atoms with Gasteiger partial charge in [0.25, 0.3) is 0 Å². The van der Waals surface area contributed by atoms with Crippen LogP contribution >= 0.6 is 11.8 Å². The molecule has 1 aliphatic rings. The summed E-state index contributed by atoms with van der Waals surface area (Å²) in [6, 6.07) is 8.70. The van der Waals surface area contributed by atoms with Crippen LogP contribution in [0.3, 0.4) is 0 Å². The smallest absolute Gasteiger partial charge is 0.130 e. The summed E-state index contributed by atoms with van der Waals surface area (Å²) >= 11 is 2.05. The van der Waals surface area contributed by atoms with Crippen molar-refractivity contribution in [3.63, 3.8) is 0 Å². The predicted molar refractivity (Wildman–Crippen MR) is 103 cm³/mol. The summed E-state index contributed by atoms with van der Waals surface area (Å²) in [5.74, 6) is 0.860. The van der Waals surface area contributed by atoms with Crippen LogP contribution in [0.1, 0.15) is 29.8 Å². The van der Waals surface area contributed by atoms with Crippen molar-refractivity contribution in [3.8, 4) is 0 Å². The number of hydrogen-bond donors (Lipinski definition) is 0. The fourth-order valence-electron chi connectivity index (χ4n) is 3.10. The van der Waals surface area contributed by atoms with Crippen molar-refractivity contribution >= 4 is 11.8 Å². The Bertz CT molecular complexity index is 654. The molecule has 0 spiro atoms. The molecule has 1 aromatic carbocycles. The summed E-state index contributed by atoms with van der Waals surface area (Å²) in [4.78, 5) is 12.8. The Kier molecular flexibility index (Phi) is 6.84. The Labute approximate surface area is 155 Å². The number of methoxy groups -OCH3 is 1. The van der Waals surface area contributed by atoms with Crippen LogP contribution in [0.2, 0.25) is 0 Å². The van der Waals surface area contributed by atoms with Crippen LogP contribution < -0.4 is 0 Å². The van der Waals surface area contributed by atoms with Crippen molar-refractivity contribution in [2.75, 3.05) is 26.8 Å². The molecule has 0 atom stereocenters. The first kappa shape index (κ1) is 18.4. The Morgan fingerprint density at radius 2 is 1.88 bits per heavy atom. The van der Waals surface area contributed by atoms with E-state index in [1.165, 1.54) is 28.9 Å². The molecule has 2 heterocycles. The summed E-state index contributed by atoms with van der Waals surface area (Å²) < 4.78 is 5.07. The lowest BCUT2D eigenvalue weighted by molar-refractivity contribution is 0.200. The van der Waals surface area contributed by atoms with Crippen LogP contribution in [-0.4, -0.2) is 46.9 Å². The fraction of sp³-hybridized carbons (Fsp3) is 0.500. The normalized spacial score (nSPS) is 16.2. The molecule has 1 saturated heterocycles. The molecule has 1 aliphatic heterocycles. The molecule has 0 bridgehead atoms. The molecule has 3 rings (SSSR count). The monoisotopic (exact) mass is 357 g/mol. The number of aryl methyl sites for hydroxylation is 1. The van der Waals surface area contributed by atoms with Crippen molar-refractivity contribution in [1.82, 2.24) is 14.9 Å².